The molecular formula is C26H46O5S2. The Hall–Kier alpha value is -0.530. The first-order valence-corrected chi connectivity index (χ1v) is 15.3. The summed E-state index contributed by atoms with van der Waals surface area (Å²) < 4.78 is 26.3. The molecular weight excluding hydrogens is 456 g/mol. The molecule has 2 saturated heterocycles. The first-order chi connectivity index (χ1) is 15.5. The number of rotatable bonds is 12. The summed E-state index contributed by atoms with van der Waals surface area (Å²) in [5.74, 6) is -0.774. The minimum absolute atomic E-state index is 0.0268. The molecule has 0 aliphatic carbocycles. The maximum absolute atomic E-state index is 13.1. The highest BCUT2D eigenvalue weighted by Gasteiger charge is 2.32. The van der Waals surface area contributed by atoms with Gasteiger partial charge in [-0.05, 0) is 70.6 Å². The van der Waals surface area contributed by atoms with Gasteiger partial charge in [0.2, 0.25) is 0 Å². The average molecular weight is 503 g/mol. The molecule has 2 fully saturated rings. The van der Waals surface area contributed by atoms with Crippen LogP contribution in [-0.2, 0) is 26.4 Å². The number of carboxylic acid groups (broad SMARTS) is 1. The molecule has 0 aromatic carbocycles. The highest BCUT2D eigenvalue weighted by molar-refractivity contribution is 7.86. The molecule has 2 aliphatic rings. The molecule has 0 radical (unpaired) electrons. The highest BCUT2D eigenvalue weighted by atomic mass is 32.2. The van der Waals surface area contributed by atoms with Crippen LogP contribution in [0.3, 0.4) is 0 Å². The number of aliphatic carboxylic acids is 1. The van der Waals surface area contributed by atoms with Crippen molar-refractivity contribution in [1.82, 2.24) is 0 Å². The maximum atomic E-state index is 13.1. The van der Waals surface area contributed by atoms with Gasteiger partial charge in [-0.3, -0.25) is 13.2 Å². The zero-order chi connectivity index (χ0) is 24.6. The van der Waals surface area contributed by atoms with Gasteiger partial charge in [-0.25, -0.2) is 0 Å². The van der Waals surface area contributed by atoms with E-state index in [2.05, 4.69) is 26.0 Å². The summed E-state index contributed by atoms with van der Waals surface area (Å²) in [5, 5.41) is 19.2. The minimum Gasteiger partial charge on any atom is -0.481 e. The first-order valence-electron chi connectivity index (χ1n) is 12.8. The van der Waals surface area contributed by atoms with Gasteiger partial charge in [0.1, 0.15) is 0 Å². The van der Waals surface area contributed by atoms with Crippen LogP contribution in [0.1, 0.15) is 105 Å². The summed E-state index contributed by atoms with van der Waals surface area (Å²) in [7, 11) is -1.85. The van der Waals surface area contributed by atoms with Crippen LogP contribution in [-0.4, -0.2) is 52.2 Å². The van der Waals surface area contributed by atoms with E-state index < -0.39 is 33.0 Å². The molecule has 6 atom stereocenters. The van der Waals surface area contributed by atoms with Crippen LogP contribution >= 0.6 is 0 Å². The predicted octanol–water partition coefficient (Wildman–Crippen LogP) is 5.35. The molecule has 0 bridgehead atoms. The van der Waals surface area contributed by atoms with Crippen LogP contribution in [0.15, 0.2) is 12.2 Å². The van der Waals surface area contributed by atoms with E-state index in [0.29, 0.717) is 6.42 Å². The van der Waals surface area contributed by atoms with Gasteiger partial charge in [0.25, 0.3) is 0 Å². The molecule has 0 aromatic rings. The molecule has 2 heterocycles. The fourth-order valence-electron chi connectivity index (χ4n) is 4.93. The van der Waals surface area contributed by atoms with Crippen molar-refractivity contribution in [2.24, 2.45) is 10.8 Å². The van der Waals surface area contributed by atoms with Crippen molar-refractivity contribution in [3.8, 4) is 0 Å². The zero-order valence-electron chi connectivity index (χ0n) is 21.1. The molecule has 192 valence electrons. The van der Waals surface area contributed by atoms with E-state index in [9.17, 15) is 23.4 Å². The van der Waals surface area contributed by atoms with Crippen molar-refractivity contribution >= 4 is 27.6 Å². The second kappa shape index (κ2) is 13.0. The lowest BCUT2D eigenvalue weighted by Gasteiger charge is -2.30. The maximum Gasteiger partial charge on any atom is 0.309 e. The number of carboxylic acids is 1. The van der Waals surface area contributed by atoms with Crippen LogP contribution in [0.5, 0.6) is 0 Å². The fourth-order valence-corrected chi connectivity index (χ4v) is 8.81. The lowest BCUT2D eigenvalue weighted by Crippen LogP contribution is -2.32. The van der Waals surface area contributed by atoms with Crippen molar-refractivity contribution in [3.63, 3.8) is 0 Å². The average Bonchev–Trinajstić information content (AvgIpc) is 2.75. The second-order valence-corrected chi connectivity index (χ2v) is 15.4. The van der Waals surface area contributed by atoms with E-state index in [4.69, 9.17) is 0 Å². The molecule has 2 aliphatic heterocycles. The summed E-state index contributed by atoms with van der Waals surface area (Å²) in [6.07, 6.45) is 15.2. The van der Waals surface area contributed by atoms with Crippen LogP contribution < -0.4 is 0 Å². The van der Waals surface area contributed by atoms with E-state index in [1.807, 2.05) is 0 Å². The highest BCUT2D eigenvalue weighted by Crippen LogP contribution is 2.32. The Morgan fingerprint density at radius 3 is 1.73 bits per heavy atom. The molecule has 33 heavy (non-hydrogen) atoms. The minimum atomic E-state index is -0.952. The van der Waals surface area contributed by atoms with Gasteiger partial charge in [-0.2, -0.15) is 0 Å². The summed E-state index contributed by atoms with van der Waals surface area (Å²) in [4.78, 5) is 11.3. The summed E-state index contributed by atoms with van der Waals surface area (Å²) in [6.45, 7) is 7.83. The number of aliphatic hydroxyl groups is 1. The van der Waals surface area contributed by atoms with Crippen molar-refractivity contribution in [1.29, 1.82) is 0 Å². The van der Waals surface area contributed by atoms with E-state index in [0.717, 1.165) is 70.6 Å². The Bertz CT molecular complexity index is 715. The first kappa shape index (κ1) is 28.7. The van der Waals surface area contributed by atoms with Gasteiger partial charge < -0.3 is 10.2 Å². The number of hydrogen-bond donors (Lipinski definition) is 2. The van der Waals surface area contributed by atoms with Gasteiger partial charge in [0, 0.05) is 38.7 Å². The molecule has 7 heteroatoms. The third-order valence-electron chi connectivity index (χ3n) is 7.54. The van der Waals surface area contributed by atoms with E-state index in [1.54, 1.807) is 13.8 Å². The molecule has 0 amide bonds. The quantitative estimate of drug-likeness (QED) is 0.351. The van der Waals surface area contributed by atoms with Gasteiger partial charge in [-0.15, -0.1) is 0 Å². The van der Waals surface area contributed by atoms with Gasteiger partial charge in [0.15, 0.2) is 0 Å². The van der Waals surface area contributed by atoms with Crippen LogP contribution in [0.25, 0.3) is 0 Å². The summed E-state index contributed by atoms with van der Waals surface area (Å²) >= 11 is 0. The Labute approximate surface area is 206 Å². The predicted molar refractivity (Wildman–Crippen MR) is 138 cm³/mol. The van der Waals surface area contributed by atoms with Gasteiger partial charge in [-0.1, -0.05) is 51.7 Å². The van der Waals surface area contributed by atoms with Crippen molar-refractivity contribution in [2.45, 2.75) is 126 Å². The largest absolute Gasteiger partial charge is 0.481 e. The van der Waals surface area contributed by atoms with Crippen LogP contribution in [0, 0.1) is 10.8 Å². The summed E-state index contributed by atoms with van der Waals surface area (Å²) in [5.41, 5.74) is -0.800. The second-order valence-electron chi connectivity index (χ2n) is 11.5. The Morgan fingerprint density at radius 1 is 0.848 bits per heavy atom. The van der Waals surface area contributed by atoms with E-state index >= 15 is 0 Å². The van der Waals surface area contributed by atoms with E-state index in [1.165, 1.54) is 0 Å². The zero-order valence-corrected chi connectivity index (χ0v) is 22.7. The van der Waals surface area contributed by atoms with Crippen molar-refractivity contribution in [3.05, 3.63) is 12.2 Å². The Kier molecular flexibility index (Phi) is 11.3. The molecule has 2 N–H and O–H groups in total. The lowest BCUT2D eigenvalue weighted by molar-refractivity contribution is -0.147. The van der Waals surface area contributed by atoms with Crippen molar-refractivity contribution < 1.29 is 23.4 Å². The van der Waals surface area contributed by atoms with Gasteiger partial charge in [0.05, 0.1) is 15.9 Å². The molecule has 0 spiro atoms. The lowest BCUT2D eigenvalue weighted by atomic mass is 9.87. The van der Waals surface area contributed by atoms with Crippen LogP contribution in [0.4, 0.5) is 0 Å². The normalized spacial score (nSPS) is 31.7. The molecule has 0 saturated carbocycles. The molecule has 2 rings (SSSR count). The smallest absolute Gasteiger partial charge is 0.309 e. The summed E-state index contributed by atoms with van der Waals surface area (Å²) in [6, 6.07) is 0. The van der Waals surface area contributed by atoms with Crippen LogP contribution in [0.2, 0.25) is 0 Å². The standard InChI is InChI=1S/C26H46O5S2/c1-25(2,19-27)17-7-13-20-9-5-11-22(32(20)30)15-16-23-12-6-10-21(33(23)31)14-8-18-26(3,4)24(28)29/h15-16,20-23,27H,5-14,17-19H2,1-4H3,(H,28,29)/b16-15-. The number of aliphatic hydroxyl groups excluding tert-OH is 1. The monoisotopic (exact) mass is 502 g/mol. The van der Waals surface area contributed by atoms with Gasteiger partial charge >= 0.3 is 5.97 Å². The number of hydrogen-bond acceptors (Lipinski definition) is 4. The third-order valence-corrected chi connectivity index (χ3v) is 11.8. The van der Waals surface area contributed by atoms with E-state index in [-0.39, 0.29) is 33.0 Å². The van der Waals surface area contributed by atoms with Crippen molar-refractivity contribution in [2.75, 3.05) is 6.61 Å². The Balaban J connectivity index is 1.86. The Morgan fingerprint density at radius 2 is 1.30 bits per heavy atom. The fraction of sp³-hybridized carbons (Fsp3) is 0.885. The number of carbonyl (C=O) groups is 1. The molecule has 6 unspecified atom stereocenters. The molecule has 5 nitrogen and oxygen atoms in total. The third kappa shape index (κ3) is 8.88. The molecule has 0 aromatic heterocycles. The topological polar surface area (TPSA) is 91.7 Å². The SMILES string of the molecule is CC(C)(CO)CCCC1CCCC(/C=C\C2CCCC(CCCC(C)(C)C(=O)O)S2=O)S1=O.